The number of ether oxygens (including phenoxy) is 2. The molecule has 0 fully saturated rings. The summed E-state index contributed by atoms with van der Waals surface area (Å²) in [6, 6.07) is 0. The molecule has 0 aromatic carbocycles. The first-order valence-electron chi connectivity index (χ1n) is 7.37. The molecular weight excluding hydrogens is 252 g/mol. The summed E-state index contributed by atoms with van der Waals surface area (Å²) in [5, 5.41) is 0. The van der Waals surface area contributed by atoms with Gasteiger partial charge in [-0.05, 0) is 36.7 Å². The van der Waals surface area contributed by atoms with Gasteiger partial charge in [0.15, 0.2) is 0 Å². The van der Waals surface area contributed by atoms with Crippen LogP contribution >= 0.6 is 0 Å². The van der Waals surface area contributed by atoms with Crippen LogP contribution in [0.25, 0.3) is 0 Å². The molecule has 0 heterocycles. The molecule has 114 valence electrons. The van der Waals surface area contributed by atoms with Crippen molar-refractivity contribution in [2.45, 2.75) is 40.5 Å². The summed E-state index contributed by atoms with van der Waals surface area (Å²) in [6.45, 7) is 13.5. The molecule has 20 heavy (non-hydrogen) atoms. The average molecular weight is 280 g/mol. The lowest BCUT2D eigenvalue weighted by atomic mass is 9.72. The van der Waals surface area contributed by atoms with Crippen molar-refractivity contribution < 1.29 is 14.3 Å². The Morgan fingerprint density at radius 1 is 1.55 bits per heavy atom. The van der Waals surface area contributed by atoms with Crippen LogP contribution in [0.2, 0.25) is 0 Å². The van der Waals surface area contributed by atoms with Gasteiger partial charge in [0.05, 0.1) is 19.1 Å². The van der Waals surface area contributed by atoms with Crippen LogP contribution in [0.5, 0.6) is 0 Å². The van der Waals surface area contributed by atoms with Gasteiger partial charge in [-0.15, -0.1) is 0 Å². The Bertz CT molecular complexity index is 393. The summed E-state index contributed by atoms with van der Waals surface area (Å²) in [7, 11) is 1.72. The number of hydrogen-bond acceptors (Lipinski definition) is 3. The standard InChI is InChI=1S/C17H28O3/c1-7-20-16(18)13(3)10-12(2)15-9-8-14(11-19-6)17(15,4)5/h8,13,15H,2,7,9-11H2,1,3-6H3. The maximum absolute atomic E-state index is 11.7. The molecule has 3 heteroatoms. The fraction of sp³-hybridized carbons (Fsp3) is 0.706. The van der Waals surface area contributed by atoms with E-state index in [0.717, 1.165) is 12.0 Å². The van der Waals surface area contributed by atoms with E-state index in [1.165, 1.54) is 5.57 Å². The number of allylic oxidation sites excluding steroid dienone is 2. The molecule has 0 aromatic rings. The normalized spacial score (nSPS) is 22.2. The average Bonchev–Trinajstić information content (AvgIpc) is 2.65. The van der Waals surface area contributed by atoms with Crippen LogP contribution in [0.15, 0.2) is 23.8 Å². The first kappa shape index (κ1) is 17.0. The van der Waals surface area contributed by atoms with Gasteiger partial charge in [0.2, 0.25) is 0 Å². The summed E-state index contributed by atoms with van der Waals surface area (Å²) < 4.78 is 10.3. The number of hydrogen-bond donors (Lipinski definition) is 0. The molecule has 2 unspecified atom stereocenters. The van der Waals surface area contributed by atoms with Crippen LogP contribution in [0.4, 0.5) is 0 Å². The Balaban J connectivity index is 2.64. The number of esters is 1. The van der Waals surface area contributed by atoms with Crippen molar-refractivity contribution in [1.82, 2.24) is 0 Å². The van der Waals surface area contributed by atoms with E-state index in [9.17, 15) is 4.79 Å². The summed E-state index contributed by atoms with van der Waals surface area (Å²) >= 11 is 0. The van der Waals surface area contributed by atoms with Gasteiger partial charge in [-0.2, -0.15) is 0 Å². The largest absolute Gasteiger partial charge is 0.466 e. The quantitative estimate of drug-likeness (QED) is 0.526. The minimum atomic E-state index is -0.130. The van der Waals surface area contributed by atoms with Crippen molar-refractivity contribution in [3.05, 3.63) is 23.8 Å². The Morgan fingerprint density at radius 3 is 2.75 bits per heavy atom. The molecule has 1 aliphatic carbocycles. The number of methoxy groups -OCH3 is 1. The Hall–Kier alpha value is -1.09. The van der Waals surface area contributed by atoms with Gasteiger partial charge in [-0.3, -0.25) is 4.79 Å². The van der Waals surface area contributed by atoms with Crippen molar-refractivity contribution in [3.63, 3.8) is 0 Å². The topological polar surface area (TPSA) is 35.5 Å². The second-order valence-corrected chi connectivity index (χ2v) is 6.19. The highest BCUT2D eigenvalue weighted by molar-refractivity contribution is 5.72. The van der Waals surface area contributed by atoms with Crippen LogP contribution in [0, 0.1) is 17.3 Å². The molecule has 0 bridgehead atoms. The van der Waals surface area contributed by atoms with E-state index in [2.05, 4.69) is 26.5 Å². The highest BCUT2D eigenvalue weighted by atomic mass is 16.5. The van der Waals surface area contributed by atoms with Crippen molar-refractivity contribution in [3.8, 4) is 0 Å². The van der Waals surface area contributed by atoms with Gasteiger partial charge in [0.1, 0.15) is 0 Å². The van der Waals surface area contributed by atoms with E-state index in [4.69, 9.17) is 9.47 Å². The highest BCUT2D eigenvalue weighted by Crippen LogP contribution is 2.47. The Labute approximate surface area is 123 Å². The van der Waals surface area contributed by atoms with Crippen LogP contribution in [0.1, 0.15) is 40.5 Å². The maximum atomic E-state index is 11.7. The third-order valence-corrected chi connectivity index (χ3v) is 4.35. The second kappa shape index (κ2) is 7.07. The fourth-order valence-corrected chi connectivity index (χ4v) is 3.02. The Kier molecular flexibility index (Phi) is 6.00. The molecule has 0 spiro atoms. The van der Waals surface area contributed by atoms with Crippen LogP contribution < -0.4 is 0 Å². The predicted octanol–water partition coefficient (Wildman–Crippen LogP) is 3.75. The van der Waals surface area contributed by atoms with Gasteiger partial charge in [0.25, 0.3) is 0 Å². The Morgan fingerprint density at radius 2 is 2.20 bits per heavy atom. The molecule has 0 aliphatic heterocycles. The summed E-state index contributed by atoms with van der Waals surface area (Å²) in [5.41, 5.74) is 2.52. The SMILES string of the molecule is C=C(CC(C)C(=O)OCC)C1CC=C(COC)C1(C)C. The van der Waals surface area contributed by atoms with E-state index in [-0.39, 0.29) is 17.3 Å². The zero-order valence-electron chi connectivity index (χ0n) is 13.5. The van der Waals surface area contributed by atoms with E-state index < -0.39 is 0 Å². The van der Waals surface area contributed by atoms with E-state index in [0.29, 0.717) is 25.6 Å². The predicted molar refractivity (Wildman–Crippen MR) is 81.4 cm³/mol. The lowest BCUT2D eigenvalue weighted by molar-refractivity contribution is -0.147. The highest BCUT2D eigenvalue weighted by Gasteiger charge is 2.38. The molecule has 1 aliphatic rings. The molecule has 3 nitrogen and oxygen atoms in total. The number of carbonyl (C=O) groups excluding carboxylic acids is 1. The van der Waals surface area contributed by atoms with E-state index in [1.807, 2.05) is 13.8 Å². The van der Waals surface area contributed by atoms with Gasteiger partial charge in [0, 0.05) is 7.11 Å². The molecule has 0 saturated carbocycles. The number of rotatable bonds is 7. The monoisotopic (exact) mass is 280 g/mol. The van der Waals surface area contributed by atoms with Crippen molar-refractivity contribution in [2.24, 2.45) is 17.3 Å². The zero-order valence-corrected chi connectivity index (χ0v) is 13.5. The summed E-state index contributed by atoms with van der Waals surface area (Å²) in [5.74, 6) is 0.128. The van der Waals surface area contributed by atoms with Gasteiger partial charge in [-0.1, -0.05) is 39.0 Å². The third kappa shape index (κ3) is 3.72. The fourth-order valence-electron chi connectivity index (χ4n) is 3.02. The van der Waals surface area contributed by atoms with E-state index in [1.54, 1.807) is 7.11 Å². The van der Waals surface area contributed by atoms with Gasteiger partial charge >= 0.3 is 5.97 Å². The lowest BCUT2D eigenvalue weighted by Crippen LogP contribution is -2.26. The molecule has 0 amide bonds. The third-order valence-electron chi connectivity index (χ3n) is 4.35. The summed E-state index contributed by atoms with van der Waals surface area (Å²) in [4.78, 5) is 11.7. The van der Waals surface area contributed by atoms with Crippen molar-refractivity contribution >= 4 is 5.97 Å². The van der Waals surface area contributed by atoms with Gasteiger partial charge < -0.3 is 9.47 Å². The minimum Gasteiger partial charge on any atom is -0.466 e. The minimum absolute atomic E-state index is 0.0570. The molecule has 0 N–H and O–H groups in total. The summed E-state index contributed by atoms with van der Waals surface area (Å²) in [6.07, 6.45) is 3.94. The molecule has 0 radical (unpaired) electrons. The molecule has 0 aromatic heterocycles. The number of carbonyl (C=O) groups is 1. The van der Waals surface area contributed by atoms with E-state index >= 15 is 0 Å². The molecule has 1 rings (SSSR count). The van der Waals surface area contributed by atoms with Crippen LogP contribution in [0.3, 0.4) is 0 Å². The first-order valence-corrected chi connectivity index (χ1v) is 7.37. The molecule has 0 saturated heterocycles. The smallest absolute Gasteiger partial charge is 0.308 e. The van der Waals surface area contributed by atoms with Crippen LogP contribution in [-0.4, -0.2) is 26.3 Å². The lowest BCUT2D eigenvalue weighted by Gasteiger charge is -2.33. The van der Waals surface area contributed by atoms with Gasteiger partial charge in [-0.25, -0.2) is 0 Å². The molecular formula is C17H28O3. The first-order chi connectivity index (χ1) is 9.34. The van der Waals surface area contributed by atoms with Crippen LogP contribution in [-0.2, 0) is 14.3 Å². The van der Waals surface area contributed by atoms with Crippen molar-refractivity contribution in [2.75, 3.05) is 20.3 Å². The zero-order chi connectivity index (χ0) is 15.3. The second-order valence-electron chi connectivity index (χ2n) is 6.19. The maximum Gasteiger partial charge on any atom is 0.308 e. The van der Waals surface area contributed by atoms with Crippen molar-refractivity contribution in [1.29, 1.82) is 0 Å². The molecule has 2 atom stereocenters.